The number of anilines is 1. The molecule has 0 aromatic heterocycles. The zero-order valence-corrected chi connectivity index (χ0v) is 13.1. The Morgan fingerprint density at radius 3 is 2.29 bits per heavy atom. The molecule has 0 radical (unpaired) electrons. The van der Waals surface area contributed by atoms with E-state index in [2.05, 4.69) is 10.6 Å². The maximum Gasteiger partial charge on any atom is 0.328 e. The van der Waals surface area contributed by atoms with Crippen LogP contribution in [0.5, 0.6) is 0 Å². The van der Waals surface area contributed by atoms with Gasteiger partial charge in [-0.25, -0.2) is 4.79 Å². The normalized spacial score (nSPS) is 13.4. The number of benzene rings is 1. The van der Waals surface area contributed by atoms with Crippen molar-refractivity contribution >= 4 is 17.6 Å². The Labute approximate surface area is 126 Å². The predicted molar refractivity (Wildman–Crippen MR) is 82.9 cm³/mol. The summed E-state index contributed by atoms with van der Waals surface area (Å²) in [5, 5.41) is 5.84. The molecule has 0 heterocycles. The second kappa shape index (κ2) is 8.29. The Balaban J connectivity index is 2.61. The largest absolute Gasteiger partial charge is 0.467 e. The number of esters is 1. The van der Waals surface area contributed by atoms with Crippen molar-refractivity contribution in [2.24, 2.45) is 5.92 Å². The van der Waals surface area contributed by atoms with E-state index in [4.69, 9.17) is 4.74 Å². The van der Waals surface area contributed by atoms with Gasteiger partial charge in [-0.05, 0) is 31.4 Å². The number of hydrogen-bond acceptors (Lipinski definition) is 4. The van der Waals surface area contributed by atoms with Gasteiger partial charge in [0, 0.05) is 5.69 Å². The third-order valence-electron chi connectivity index (χ3n) is 3.06. The number of nitrogens with one attached hydrogen (secondary N) is 2. The van der Waals surface area contributed by atoms with E-state index in [0.29, 0.717) is 6.42 Å². The average molecular weight is 292 g/mol. The summed E-state index contributed by atoms with van der Waals surface area (Å²) < 4.78 is 4.74. The van der Waals surface area contributed by atoms with Gasteiger partial charge in [-0.3, -0.25) is 4.79 Å². The maximum absolute atomic E-state index is 12.2. The van der Waals surface area contributed by atoms with Crippen molar-refractivity contribution in [3.63, 3.8) is 0 Å². The van der Waals surface area contributed by atoms with Crippen LogP contribution in [-0.2, 0) is 14.3 Å². The van der Waals surface area contributed by atoms with E-state index >= 15 is 0 Å². The highest BCUT2D eigenvalue weighted by molar-refractivity contribution is 5.88. The highest BCUT2D eigenvalue weighted by Crippen LogP contribution is 2.09. The van der Waals surface area contributed by atoms with E-state index < -0.39 is 18.1 Å². The molecule has 0 spiro atoms. The Morgan fingerprint density at radius 2 is 1.76 bits per heavy atom. The van der Waals surface area contributed by atoms with Gasteiger partial charge in [-0.2, -0.15) is 0 Å². The van der Waals surface area contributed by atoms with Crippen molar-refractivity contribution in [1.29, 1.82) is 0 Å². The highest BCUT2D eigenvalue weighted by atomic mass is 16.5. The van der Waals surface area contributed by atoms with Crippen LogP contribution in [-0.4, -0.2) is 31.1 Å². The molecule has 5 nitrogen and oxygen atoms in total. The first-order valence-electron chi connectivity index (χ1n) is 7.13. The second-order valence-corrected chi connectivity index (χ2v) is 5.45. The summed E-state index contributed by atoms with van der Waals surface area (Å²) in [5.74, 6) is -0.356. The molecule has 0 bridgehead atoms. The Morgan fingerprint density at radius 1 is 1.14 bits per heavy atom. The number of methoxy groups -OCH3 is 1. The fourth-order valence-electron chi connectivity index (χ4n) is 1.97. The minimum absolute atomic E-state index is 0.227. The van der Waals surface area contributed by atoms with Crippen molar-refractivity contribution in [3.05, 3.63) is 30.3 Å². The fraction of sp³-hybridized carbons (Fsp3) is 0.500. The van der Waals surface area contributed by atoms with E-state index in [1.165, 1.54) is 7.11 Å². The maximum atomic E-state index is 12.2. The second-order valence-electron chi connectivity index (χ2n) is 5.45. The monoisotopic (exact) mass is 292 g/mol. The molecule has 0 aliphatic heterocycles. The van der Waals surface area contributed by atoms with Gasteiger partial charge in [0.1, 0.15) is 12.1 Å². The van der Waals surface area contributed by atoms with Gasteiger partial charge in [0.05, 0.1) is 7.11 Å². The molecule has 2 N–H and O–H groups in total. The smallest absolute Gasteiger partial charge is 0.328 e. The van der Waals surface area contributed by atoms with Gasteiger partial charge in [0.2, 0.25) is 5.91 Å². The zero-order chi connectivity index (χ0) is 15.8. The summed E-state index contributed by atoms with van der Waals surface area (Å²) in [6.45, 7) is 5.74. The van der Waals surface area contributed by atoms with Crippen molar-refractivity contribution in [1.82, 2.24) is 5.32 Å². The lowest BCUT2D eigenvalue weighted by atomic mass is 10.0. The molecule has 0 aliphatic carbocycles. The third kappa shape index (κ3) is 5.85. The lowest BCUT2D eigenvalue weighted by Gasteiger charge is -2.21. The van der Waals surface area contributed by atoms with Crippen LogP contribution < -0.4 is 10.6 Å². The van der Waals surface area contributed by atoms with E-state index in [9.17, 15) is 9.59 Å². The van der Waals surface area contributed by atoms with Crippen molar-refractivity contribution < 1.29 is 14.3 Å². The van der Waals surface area contributed by atoms with Gasteiger partial charge in [0.25, 0.3) is 0 Å². The van der Waals surface area contributed by atoms with Crippen LogP contribution >= 0.6 is 0 Å². The van der Waals surface area contributed by atoms with Gasteiger partial charge in [0.15, 0.2) is 0 Å². The van der Waals surface area contributed by atoms with Gasteiger partial charge in [-0.1, -0.05) is 32.0 Å². The molecule has 116 valence electrons. The van der Waals surface area contributed by atoms with Crippen LogP contribution in [0, 0.1) is 5.92 Å². The molecular weight excluding hydrogens is 268 g/mol. The molecule has 0 saturated heterocycles. The van der Waals surface area contributed by atoms with Crippen LogP contribution in [0.1, 0.15) is 27.2 Å². The molecule has 21 heavy (non-hydrogen) atoms. The van der Waals surface area contributed by atoms with Crippen molar-refractivity contribution in [3.8, 4) is 0 Å². The Bertz CT molecular complexity index is 460. The molecule has 1 aromatic carbocycles. The van der Waals surface area contributed by atoms with E-state index in [0.717, 1.165) is 5.69 Å². The summed E-state index contributed by atoms with van der Waals surface area (Å²) in [6, 6.07) is 8.41. The lowest BCUT2D eigenvalue weighted by Crippen LogP contribution is -2.47. The SMILES string of the molecule is COC(=O)[C@H](CC(C)C)NC(=O)[C@H](C)Nc1ccccc1. The minimum atomic E-state index is -0.609. The third-order valence-corrected chi connectivity index (χ3v) is 3.06. The topological polar surface area (TPSA) is 67.4 Å². The molecule has 2 atom stereocenters. The zero-order valence-electron chi connectivity index (χ0n) is 13.1. The first-order chi connectivity index (χ1) is 9.93. The van der Waals surface area contributed by atoms with Gasteiger partial charge in [-0.15, -0.1) is 0 Å². The molecule has 1 aromatic rings. The molecule has 5 heteroatoms. The van der Waals surface area contributed by atoms with Crippen LogP contribution in [0.4, 0.5) is 5.69 Å². The summed E-state index contributed by atoms with van der Waals surface area (Å²) >= 11 is 0. The lowest BCUT2D eigenvalue weighted by molar-refractivity contribution is -0.145. The van der Waals surface area contributed by atoms with Crippen LogP contribution in [0.2, 0.25) is 0 Å². The predicted octanol–water partition coefficient (Wildman–Crippen LogP) is 2.19. The standard InChI is InChI=1S/C16H24N2O3/c1-11(2)10-14(16(20)21-4)18-15(19)12(3)17-13-8-6-5-7-9-13/h5-9,11-12,14,17H,10H2,1-4H3,(H,18,19)/t12-,14-/m0/s1. The molecule has 0 unspecified atom stereocenters. The van der Waals surface area contributed by atoms with E-state index in [1.807, 2.05) is 44.2 Å². The van der Waals surface area contributed by atoms with Crippen LogP contribution in [0.25, 0.3) is 0 Å². The number of rotatable bonds is 7. The summed E-state index contributed by atoms with van der Waals surface area (Å²) in [5.41, 5.74) is 0.860. The number of amides is 1. The molecule has 0 fully saturated rings. The van der Waals surface area contributed by atoms with Crippen molar-refractivity contribution in [2.75, 3.05) is 12.4 Å². The van der Waals surface area contributed by atoms with Gasteiger partial charge >= 0.3 is 5.97 Å². The van der Waals surface area contributed by atoms with E-state index in [-0.39, 0.29) is 11.8 Å². The summed E-state index contributed by atoms with van der Waals surface area (Å²) in [4.78, 5) is 23.9. The van der Waals surface area contributed by atoms with Crippen LogP contribution in [0.3, 0.4) is 0 Å². The quantitative estimate of drug-likeness (QED) is 0.756. The first kappa shape index (κ1) is 17.0. The number of para-hydroxylation sites is 1. The Hall–Kier alpha value is -2.04. The average Bonchev–Trinajstić information content (AvgIpc) is 2.46. The fourth-order valence-corrected chi connectivity index (χ4v) is 1.97. The highest BCUT2D eigenvalue weighted by Gasteiger charge is 2.24. The number of ether oxygens (including phenoxy) is 1. The summed E-state index contributed by atoms with van der Waals surface area (Å²) in [6.07, 6.45) is 0.552. The molecule has 1 rings (SSSR count). The molecular formula is C16H24N2O3. The number of carbonyl (C=O) groups excluding carboxylic acids is 2. The Kier molecular flexibility index (Phi) is 6.72. The molecule has 0 aliphatic rings. The van der Waals surface area contributed by atoms with Gasteiger partial charge < -0.3 is 15.4 Å². The minimum Gasteiger partial charge on any atom is -0.467 e. The van der Waals surface area contributed by atoms with Crippen LogP contribution in [0.15, 0.2) is 30.3 Å². The summed E-state index contributed by atoms with van der Waals surface area (Å²) in [7, 11) is 1.33. The van der Waals surface area contributed by atoms with Crippen molar-refractivity contribution in [2.45, 2.75) is 39.3 Å². The first-order valence-corrected chi connectivity index (χ1v) is 7.13. The molecule has 1 amide bonds. The van der Waals surface area contributed by atoms with E-state index in [1.54, 1.807) is 6.92 Å². The number of hydrogen-bond donors (Lipinski definition) is 2. The number of carbonyl (C=O) groups is 2. The molecule has 0 saturated carbocycles.